The maximum absolute atomic E-state index is 13.4. The minimum Gasteiger partial charge on any atom is -0.391 e. The van der Waals surface area contributed by atoms with Gasteiger partial charge in [-0.25, -0.2) is 26.9 Å². The number of halogens is 2. The summed E-state index contributed by atoms with van der Waals surface area (Å²) in [6.45, 7) is 2.84. The highest BCUT2D eigenvalue weighted by atomic mass is 32.2. The van der Waals surface area contributed by atoms with Gasteiger partial charge in [-0.05, 0) is 44.7 Å². The van der Waals surface area contributed by atoms with Crippen LogP contribution in [0.2, 0.25) is 0 Å². The second-order valence-electron chi connectivity index (χ2n) is 9.37. The van der Waals surface area contributed by atoms with E-state index in [0.717, 1.165) is 30.6 Å². The number of aliphatic hydroxyl groups excluding tert-OH is 1. The van der Waals surface area contributed by atoms with Crippen molar-refractivity contribution in [3.63, 3.8) is 0 Å². The number of sulfonamides is 1. The summed E-state index contributed by atoms with van der Waals surface area (Å²) in [5.74, 6) is 0.396. The quantitative estimate of drug-likeness (QED) is 0.399. The first-order valence-corrected chi connectivity index (χ1v) is 13.6. The Morgan fingerprint density at radius 2 is 2.09 bits per heavy atom. The second-order valence-corrected chi connectivity index (χ2v) is 12.0. The Morgan fingerprint density at radius 3 is 2.77 bits per heavy atom. The monoisotopic (exact) mass is 523 g/mol. The van der Waals surface area contributed by atoms with Crippen LogP contribution in [0.5, 0.6) is 0 Å². The molecule has 0 amide bonds. The minimum absolute atomic E-state index is 0.0498. The summed E-state index contributed by atoms with van der Waals surface area (Å²) in [5.41, 5.74) is 1.24. The molecule has 14 heteroatoms. The van der Waals surface area contributed by atoms with Crippen LogP contribution in [-0.2, 0) is 10.0 Å². The number of alkyl halides is 2. The first-order chi connectivity index (χ1) is 16.7. The molecule has 2 fully saturated rings. The molecule has 1 unspecified atom stereocenters. The molecule has 2 N–H and O–H groups in total. The van der Waals surface area contributed by atoms with Crippen LogP contribution in [0, 0.1) is 0 Å². The molecule has 1 aliphatic carbocycles. The highest BCUT2D eigenvalue weighted by Gasteiger charge is 2.41. The Bertz CT molecular complexity index is 1540. The second kappa shape index (κ2) is 7.91. The highest BCUT2D eigenvalue weighted by Crippen LogP contribution is 2.39. The van der Waals surface area contributed by atoms with Gasteiger partial charge < -0.3 is 10.0 Å². The van der Waals surface area contributed by atoms with E-state index in [2.05, 4.69) is 19.9 Å². The minimum atomic E-state index is -3.88. The van der Waals surface area contributed by atoms with Crippen LogP contribution in [0.4, 0.5) is 14.5 Å². The van der Waals surface area contributed by atoms with Crippen molar-refractivity contribution in [1.29, 1.82) is 0 Å². The number of anilines is 1. The fourth-order valence-electron chi connectivity index (χ4n) is 4.58. The van der Waals surface area contributed by atoms with Crippen LogP contribution >= 0.6 is 11.3 Å². The summed E-state index contributed by atoms with van der Waals surface area (Å²) in [4.78, 5) is 6.40. The molecule has 6 rings (SSSR count). The van der Waals surface area contributed by atoms with Gasteiger partial charge in [0.2, 0.25) is 20.9 Å². The lowest BCUT2D eigenvalue weighted by molar-refractivity contribution is 0.150. The Balaban J connectivity index is 1.63. The molecule has 0 spiro atoms. The zero-order valence-electron chi connectivity index (χ0n) is 18.7. The molecular formula is C21H23F2N7O3S2. The van der Waals surface area contributed by atoms with Crippen LogP contribution < -0.4 is 9.62 Å². The van der Waals surface area contributed by atoms with Crippen molar-refractivity contribution in [3.8, 4) is 5.13 Å². The molecular weight excluding hydrogens is 500 g/mol. The molecule has 1 aromatic carbocycles. The smallest absolute Gasteiger partial charge is 0.291 e. The molecule has 1 aliphatic heterocycles. The maximum Gasteiger partial charge on any atom is 0.291 e. The van der Waals surface area contributed by atoms with E-state index < -0.39 is 33.1 Å². The number of aromatic nitrogens is 5. The van der Waals surface area contributed by atoms with Gasteiger partial charge in [0, 0.05) is 31.0 Å². The highest BCUT2D eigenvalue weighted by molar-refractivity contribution is 7.89. The maximum atomic E-state index is 13.4. The number of benzene rings is 1. The van der Waals surface area contributed by atoms with Crippen LogP contribution in [0.15, 0.2) is 29.4 Å². The van der Waals surface area contributed by atoms with Gasteiger partial charge in [0.25, 0.3) is 6.43 Å². The standard InChI is InChI=1S/C21H23F2N7O3S2/c1-21(4-5-21)27-35(32,33)13-9-14(28-7-2-3-12(31)11-28)16-15(10-13)30(19-24-6-8-29(16)19)20-26-25-18(34-20)17(22)23/h6,8-10,12,17,27,31H,2-5,7,11H2,1H3. The number of fused-ring (bicyclic) bond motifs is 3. The SMILES string of the molecule is CC1(NS(=O)(=O)c2cc(N3CCCC(O)C3)c3c(c2)n(-c2nnc(C(F)F)s2)c2nccn32)CC1. The van der Waals surface area contributed by atoms with E-state index in [0.29, 0.717) is 42.0 Å². The number of hydrogen-bond donors (Lipinski definition) is 2. The molecule has 0 bridgehead atoms. The topological polar surface area (TPSA) is 118 Å². The molecule has 35 heavy (non-hydrogen) atoms. The molecule has 1 atom stereocenters. The summed E-state index contributed by atoms with van der Waals surface area (Å²) < 4.78 is 59.5. The van der Waals surface area contributed by atoms with Gasteiger partial charge >= 0.3 is 0 Å². The lowest BCUT2D eigenvalue weighted by Crippen LogP contribution is -2.38. The van der Waals surface area contributed by atoms with Crippen molar-refractivity contribution in [2.45, 2.75) is 55.6 Å². The van der Waals surface area contributed by atoms with Crippen LogP contribution in [0.1, 0.15) is 44.0 Å². The average Bonchev–Trinajstić information content (AvgIpc) is 3.20. The van der Waals surface area contributed by atoms with Crippen LogP contribution in [0.3, 0.4) is 0 Å². The fourth-order valence-corrected chi connectivity index (χ4v) is 6.79. The van der Waals surface area contributed by atoms with E-state index in [-0.39, 0.29) is 10.0 Å². The summed E-state index contributed by atoms with van der Waals surface area (Å²) >= 11 is 0.726. The van der Waals surface area contributed by atoms with Gasteiger partial charge in [0.1, 0.15) is 0 Å². The molecule has 1 saturated heterocycles. The van der Waals surface area contributed by atoms with Gasteiger partial charge in [0.15, 0.2) is 5.01 Å². The number of piperidine rings is 1. The summed E-state index contributed by atoms with van der Waals surface area (Å²) in [6.07, 6.45) is 2.91. The fraction of sp³-hybridized carbons (Fsp3) is 0.476. The Labute approximate surface area is 203 Å². The summed E-state index contributed by atoms with van der Waals surface area (Å²) in [5, 5.41) is 17.6. The Hall–Kier alpha value is -2.68. The normalized spacial score (nSPS) is 20.4. The third-order valence-electron chi connectivity index (χ3n) is 6.58. The average molecular weight is 524 g/mol. The number of nitrogens with one attached hydrogen (secondary N) is 1. The third-order valence-corrected chi connectivity index (χ3v) is 9.12. The lowest BCUT2D eigenvalue weighted by Gasteiger charge is -2.32. The number of hydrogen-bond acceptors (Lipinski definition) is 8. The van der Waals surface area contributed by atoms with Gasteiger partial charge in [0.05, 0.1) is 27.7 Å². The van der Waals surface area contributed by atoms with E-state index in [4.69, 9.17) is 0 Å². The van der Waals surface area contributed by atoms with E-state index in [1.165, 1.54) is 6.07 Å². The van der Waals surface area contributed by atoms with Gasteiger partial charge in [-0.3, -0.25) is 8.97 Å². The predicted octanol–water partition coefficient (Wildman–Crippen LogP) is 2.86. The molecule has 186 valence electrons. The Morgan fingerprint density at radius 1 is 1.29 bits per heavy atom. The van der Waals surface area contributed by atoms with E-state index in [1.807, 2.05) is 11.8 Å². The largest absolute Gasteiger partial charge is 0.391 e. The van der Waals surface area contributed by atoms with E-state index in [9.17, 15) is 22.3 Å². The number of aliphatic hydroxyl groups is 1. The van der Waals surface area contributed by atoms with Crippen molar-refractivity contribution in [2.24, 2.45) is 0 Å². The predicted molar refractivity (Wildman–Crippen MR) is 126 cm³/mol. The first kappa shape index (κ1) is 22.8. The van der Waals surface area contributed by atoms with Crippen molar-refractivity contribution in [1.82, 2.24) is 28.9 Å². The van der Waals surface area contributed by atoms with Crippen molar-refractivity contribution in [3.05, 3.63) is 29.5 Å². The summed E-state index contributed by atoms with van der Waals surface area (Å²) in [7, 11) is -3.88. The van der Waals surface area contributed by atoms with Crippen molar-refractivity contribution in [2.75, 3.05) is 18.0 Å². The van der Waals surface area contributed by atoms with Gasteiger partial charge in [-0.15, -0.1) is 10.2 Å². The molecule has 10 nitrogen and oxygen atoms in total. The molecule has 1 saturated carbocycles. The molecule has 4 heterocycles. The van der Waals surface area contributed by atoms with Crippen LogP contribution in [0.25, 0.3) is 21.9 Å². The van der Waals surface area contributed by atoms with E-state index in [1.54, 1.807) is 27.4 Å². The van der Waals surface area contributed by atoms with Crippen molar-refractivity contribution < 1.29 is 22.3 Å². The summed E-state index contributed by atoms with van der Waals surface area (Å²) in [6, 6.07) is 3.13. The molecule has 2 aliphatic rings. The third kappa shape index (κ3) is 3.88. The van der Waals surface area contributed by atoms with Gasteiger partial charge in [-0.2, -0.15) is 0 Å². The molecule has 0 radical (unpaired) electrons. The van der Waals surface area contributed by atoms with Crippen molar-refractivity contribution >= 4 is 43.9 Å². The van der Waals surface area contributed by atoms with E-state index >= 15 is 0 Å². The molecule has 4 aromatic rings. The number of β-amino-alcohol motifs (C(OH)–C–C–N with tert-alkyl or cyclic N) is 1. The van der Waals surface area contributed by atoms with Crippen LogP contribution in [-0.4, -0.2) is 62.4 Å². The first-order valence-electron chi connectivity index (χ1n) is 11.3. The zero-order chi connectivity index (χ0) is 24.5. The van der Waals surface area contributed by atoms with Gasteiger partial charge in [-0.1, -0.05) is 11.3 Å². The lowest BCUT2D eigenvalue weighted by atomic mass is 10.1. The zero-order valence-corrected chi connectivity index (χ0v) is 20.4. The Kier molecular flexibility index (Phi) is 5.15. The number of rotatable bonds is 6. The molecule has 3 aromatic heterocycles. The number of nitrogens with zero attached hydrogens (tertiary/aromatic N) is 6. The number of imidazole rings is 2.